The van der Waals surface area contributed by atoms with Gasteiger partial charge in [-0.05, 0) is 43.5 Å². The van der Waals surface area contributed by atoms with Crippen molar-refractivity contribution in [2.45, 2.75) is 43.0 Å². The third-order valence-electron chi connectivity index (χ3n) is 3.84. The molecule has 0 unspecified atom stereocenters. The van der Waals surface area contributed by atoms with Crippen LogP contribution in [0.4, 0.5) is 0 Å². The Morgan fingerprint density at radius 2 is 1.88 bits per heavy atom. The van der Waals surface area contributed by atoms with E-state index < -0.39 is 10.0 Å². The molecule has 8 heteroatoms. The highest BCUT2D eigenvalue weighted by atomic mass is 32.2. The van der Waals surface area contributed by atoms with E-state index in [1.165, 1.54) is 24.3 Å². The van der Waals surface area contributed by atoms with Crippen LogP contribution in [0.1, 0.15) is 32.1 Å². The number of benzene rings is 1. The van der Waals surface area contributed by atoms with Gasteiger partial charge < -0.3 is 15.2 Å². The van der Waals surface area contributed by atoms with Gasteiger partial charge in [-0.15, -0.1) is 0 Å². The summed E-state index contributed by atoms with van der Waals surface area (Å²) >= 11 is 0. The number of hydrogen-bond donors (Lipinski definition) is 3. The van der Waals surface area contributed by atoms with Gasteiger partial charge in [0.15, 0.2) is 6.61 Å². The zero-order valence-corrected chi connectivity index (χ0v) is 14.3. The molecule has 0 atom stereocenters. The van der Waals surface area contributed by atoms with Gasteiger partial charge in [0, 0.05) is 19.2 Å². The number of nitrogens with one attached hydrogen (secondary N) is 2. The lowest BCUT2D eigenvalue weighted by molar-refractivity contribution is -0.123. The average molecular weight is 356 g/mol. The van der Waals surface area contributed by atoms with Crippen LogP contribution in [0.25, 0.3) is 0 Å². The van der Waals surface area contributed by atoms with E-state index in [1.54, 1.807) is 0 Å². The first-order chi connectivity index (χ1) is 11.5. The van der Waals surface area contributed by atoms with Gasteiger partial charge in [0.05, 0.1) is 4.90 Å². The van der Waals surface area contributed by atoms with Gasteiger partial charge in [0.2, 0.25) is 10.0 Å². The maximum absolute atomic E-state index is 12.3. The predicted octanol–water partition coefficient (Wildman–Crippen LogP) is 0.785. The van der Waals surface area contributed by atoms with E-state index in [4.69, 9.17) is 9.84 Å². The minimum Gasteiger partial charge on any atom is -0.484 e. The van der Waals surface area contributed by atoms with Crippen molar-refractivity contribution in [3.05, 3.63) is 24.3 Å². The van der Waals surface area contributed by atoms with Crippen molar-refractivity contribution in [1.29, 1.82) is 0 Å². The Morgan fingerprint density at radius 1 is 1.21 bits per heavy atom. The molecule has 24 heavy (non-hydrogen) atoms. The van der Waals surface area contributed by atoms with Gasteiger partial charge in [0.25, 0.3) is 5.91 Å². The lowest BCUT2D eigenvalue weighted by Gasteiger charge is -2.13. The molecule has 3 N–H and O–H groups in total. The second-order valence-electron chi connectivity index (χ2n) is 5.79. The van der Waals surface area contributed by atoms with Crippen LogP contribution in [-0.2, 0) is 14.8 Å². The third kappa shape index (κ3) is 5.77. The first-order valence-corrected chi connectivity index (χ1v) is 9.62. The number of carbonyl (C=O) groups excluding carboxylic acids is 1. The molecular weight excluding hydrogens is 332 g/mol. The Hall–Kier alpha value is -1.64. The molecule has 1 aliphatic rings. The predicted molar refractivity (Wildman–Crippen MR) is 89.2 cm³/mol. The van der Waals surface area contributed by atoms with Crippen molar-refractivity contribution in [3.63, 3.8) is 0 Å². The zero-order chi connectivity index (χ0) is 17.4. The molecule has 0 aliphatic heterocycles. The molecular formula is C16H24N2O5S. The van der Waals surface area contributed by atoms with Crippen molar-refractivity contribution in [2.24, 2.45) is 0 Å². The standard InChI is InChI=1S/C16H24N2O5S/c19-11-3-10-17-16(20)12-23-14-6-8-15(9-7-14)24(21,22)18-13-4-1-2-5-13/h6-9,13,18-19H,1-5,10-12H2,(H,17,20). The number of carbonyl (C=O) groups is 1. The van der Waals surface area contributed by atoms with Gasteiger partial charge >= 0.3 is 0 Å². The Balaban J connectivity index is 1.84. The monoisotopic (exact) mass is 356 g/mol. The summed E-state index contributed by atoms with van der Waals surface area (Å²) in [5.41, 5.74) is 0. The Labute approximate surface area is 142 Å². The SMILES string of the molecule is O=C(COc1ccc(S(=O)(=O)NC2CCCC2)cc1)NCCCO. The van der Waals surface area contributed by atoms with E-state index in [0.717, 1.165) is 25.7 Å². The largest absolute Gasteiger partial charge is 0.484 e. The lowest BCUT2D eigenvalue weighted by atomic mass is 10.3. The molecule has 1 amide bonds. The molecule has 0 radical (unpaired) electrons. The molecule has 1 aromatic carbocycles. The fourth-order valence-corrected chi connectivity index (χ4v) is 3.86. The maximum atomic E-state index is 12.3. The normalized spacial score (nSPS) is 15.4. The first-order valence-electron chi connectivity index (χ1n) is 8.14. The van der Waals surface area contributed by atoms with Crippen LogP contribution in [-0.4, -0.2) is 45.2 Å². The Kier molecular flexibility index (Phi) is 7.01. The number of ether oxygens (including phenoxy) is 1. The van der Waals surface area contributed by atoms with Crippen molar-refractivity contribution < 1.29 is 23.1 Å². The molecule has 134 valence electrons. The summed E-state index contributed by atoms with van der Waals surface area (Å²) in [5, 5.41) is 11.2. The summed E-state index contributed by atoms with van der Waals surface area (Å²) in [6, 6.07) is 6.02. The summed E-state index contributed by atoms with van der Waals surface area (Å²) in [6.45, 7) is 0.256. The molecule has 1 aliphatic carbocycles. The van der Waals surface area contributed by atoms with E-state index >= 15 is 0 Å². The molecule has 1 fully saturated rings. The van der Waals surface area contributed by atoms with Crippen molar-refractivity contribution in [2.75, 3.05) is 19.8 Å². The second kappa shape index (κ2) is 9.00. The molecule has 0 aromatic heterocycles. The highest BCUT2D eigenvalue weighted by Gasteiger charge is 2.22. The van der Waals surface area contributed by atoms with Crippen molar-refractivity contribution in [1.82, 2.24) is 10.0 Å². The van der Waals surface area contributed by atoms with E-state index in [2.05, 4.69) is 10.0 Å². The second-order valence-corrected chi connectivity index (χ2v) is 7.50. The molecule has 0 bridgehead atoms. The van der Waals surface area contributed by atoms with E-state index in [9.17, 15) is 13.2 Å². The molecule has 0 spiro atoms. The van der Waals surface area contributed by atoms with E-state index in [0.29, 0.717) is 18.7 Å². The Bertz CT molecular complexity index is 624. The quantitative estimate of drug-likeness (QED) is 0.567. The molecule has 0 saturated heterocycles. The number of aliphatic hydroxyl groups is 1. The number of aliphatic hydroxyl groups excluding tert-OH is 1. The first kappa shape index (κ1) is 18.7. The molecule has 0 heterocycles. The molecule has 1 aromatic rings. The summed E-state index contributed by atoms with van der Waals surface area (Å²) in [7, 11) is -3.52. The van der Waals surface area contributed by atoms with Crippen LogP contribution in [0.15, 0.2) is 29.2 Å². The number of sulfonamides is 1. The Morgan fingerprint density at radius 3 is 2.50 bits per heavy atom. The topological polar surface area (TPSA) is 105 Å². The number of hydrogen-bond acceptors (Lipinski definition) is 5. The van der Waals surface area contributed by atoms with Crippen LogP contribution < -0.4 is 14.8 Å². The summed E-state index contributed by atoms with van der Waals surface area (Å²) in [4.78, 5) is 11.7. The van der Waals surface area contributed by atoms with Crippen LogP contribution >= 0.6 is 0 Å². The van der Waals surface area contributed by atoms with Crippen LogP contribution in [0.3, 0.4) is 0 Å². The highest BCUT2D eigenvalue weighted by Crippen LogP contribution is 2.21. The maximum Gasteiger partial charge on any atom is 0.257 e. The van der Waals surface area contributed by atoms with Gasteiger partial charge in [0.1, 0.15) is 5.75 Å². The van der Waals surface area contributed by atoms with Crippen molar-refractivity contribution >= 4 is 15.9 Å². The lowest BCUT2D eigenvalue weighted by Crippen LogP contribution is -2.32. The van der Waals surface area contributed by atoms with E-state index in [-0.39, 0.29) is 30.1 Å². The van der Waals surface area contributed by atoms with Gasteiger partial charge in [-0.2, -0.15) is 0 Å². The zero-order valence-electron chi connectivity index (χ0n) is 13.5. The smallest absolute Gasteiger partial charge is 0.257 e. The average Bonchev–Trinajstić information content (AvgIpc) is 3.06. The summed E-state index contributed by atoms with van der Waals surface area (Å²) in [5.74, 6) is 0.134. The molecule has 2 rings (SSSR count). The number of amides is 1. The highest BCUT2D eigenvalue weighted by molar-refractivity contribution is 7.89. The summed E-state index contributed by atoms with van der Waals surface area (Å²) < 4.78 is 32.6. The van der Waals surface area contributed by atoms with Crippen LogP contribution in [0, 0.1) is 0 Å². The van der Waals surface area contributed by atoms with Gasteiger partial charge in [-0.25, -0.2) is 13.1 Å². The van der Waals surface area contributed by atoms with Gasteiger partial charge in [-0.1, -0.05) is 12.8 Å². The fraction of sp³-hybridized carbons (Fsp3) is 0.562. The third-order valence-corrected chi connectivity index (χ3v) is 5.37. The van der Waals surface area contributed by atoms with Crippen LogP contribution in [0.5, 0.6) is 5.75 Å². The van der Waals surface area contributed by atoms with E-state index in [1.807, 2.05) is 0 Å². The molecule has 7 nitrogen and oxygen atoms in total. The fourth-order valence-electron chi connectivity index (χ4n) is 2.55. The minimum atomic E-state index is -3.52. The molecule has 1 saturated carbocycles. The van der Waals surface area contributed by atoms with Crippen LogP contribution in [0.2, 0.25) is 0 Å². The number of rotatable bonds is 9. The minimum absolute atomic E-state index is 0.0198. The van der Waals surface area contributed by atoms with Gasteiger partial charge in [-0.3, -0.25) is 4.79 Å². The van der Waals surface area contributed by atoms with Crippen molar-refractivity contribution in [3.8, 4) is 5.75 Å². The summed E-state index contributed by atoms with van der Waals surface area (Å²) in [6.07, 6.45) is 4.37.